The first-order valence-corrected chi connectivity index (χ1v) is 7.10. The van der Waals surface area contributed by atoms with Crippen LogP contribution in [0, 0.1) is 0 Å². The molecule has 1 N–H and O–H groups in total. The molecule has 4 nitrogen and oxygen atoms in total. The molecule has 106 valence electrons. The van der Waals surface area contributed by atoms with E-state index < -0.39 is 0 Å². The smallest absolute Gasteiger partial charge is 0.137 e. The molecule has 0 aliphatic heterocycles. The van der Waals surface area contributed by atoms with Gasteiger partial charge in [-0.2, -0.15) is 0 Å². The average molecular weight is 270 g/mol. The zero-order chi connectivity index (χ0) is 14.4. The van der Waals surface area contributed by atoms with E-state index in [0.717, 1.165) is 31.1 Å². The molecule has 4 heteroatoms. The molecule has 0 unspecified atom stereocenters. The standard InChI is InChI=1S/C16H22N4/c1-4-14-15(17-3)18-12-19-16(14)20(5-2)11-13-9-7-6-8-10-13/h6-10,12H,4-5,11H2,1-3H3,(H,17,18,19). The van der Waals surface area contributed by atoms with E-state index in [2.05, 4.69) is 58.3 Å². The van der Waals surface area contributed by atoms with Gasteiger partial charge in [0.15, 0.2) is 0 Å². The van der Waals surface area contributed by atoms with Crippen molar-refractivity contribution in [2.24, 2.45) is 0 Å². The van der Waals surface area contributed by atoms with E-state index in [4.69, 9.17) is 0 Å². The SMILES string of the molecule is CCc1c(NC)ncnc1N(CC)Cc1ccccc1. The molecular weight excluding hydrogens is 248 g/mol. The van der Waals surface area contributed by atoms with Gasteiger partial charge >= 0.3 is 0 Å². The third-order valence-corrected chi connectivity index (χ3v) is 3.41. The maximum atomic E-state index is 4.50. The molecule has 0 radical (unpaired) electrons. The van der Waals surface area contributed by atoms with E-state index >= 15 is 0 Å². The van der Waals surface area contributed by atoms with Crippen LogP contribution in [0.5, 0.6) is 0 Å². The Morgan fingerprint density at radius 1 is 1.10 bits per heavy atom. The fourth-order valence-corrected chi connectivity index (χ4v) is 2.36. The Morgan fingerprint density at radius 3 is 2.45 bits per heavy atom. The van der Waals surface area contributed by atoms with Crippen molar-refractivity contribution in [2.45, 2.75) is 26.8 Å². The summed E-state index contributed by atoms with van der Waals surface area (Å²) in [6.07, 6.45) is 2.55. The number of benzene rings is 1. The Morgan fingerprint density at radius 2 is 1.85 bits per heavy atom. The minimum Gasteiger partial charge on any atom is -0.373 e. The minimum absolute atomic E-state index is 0.866. The first-order valence-electron chi connectivity index (χ1n) is 7.10. The van der Waals surface area contributed by atoms with Crippen LogP contribution < -0.4 is 10.2 Å². The third kappa shape index (κ3) is 3.07. The summed E-state index contributed by atoms with van der Waals surface area (Å²) in [5, 5.41) is 3.15. The van der Waals surface area contributed by atoms with E-state index in [1.807, 2.05) is 13.1 Å². The Bertz CT molecular complexity index is 539. The fourth-order valence-electron chi connectivity index (χ4n) is 2.36. The van der Waals surface area contributed by atoms with Gasteiger partial charge in [0, 0.05) is 25.7 Å². The van der Waals surface area contributed by atoms with Gasteiger partial charge in [-0.3, -0.25) is 0 Å². The Kier molecular flexibility index (Phi) is 4.93. The molecule has 0 atom stereocenters. The lowest BCUT2D eigenvalue weighted by atomic mass is 10.1. The van der Waals surface area contributed by atoms with Gasteiger partial charge in [-0.15, -0.1) is 0 Å². The molecule has 20 heavy (non-hydrogen) atoms. The Balaban J connectivity index is 2.32. The second-order valence-electron chi connectivity index (χ2n) is 4.63. The van der Waals surface area contributed by atoms with Crippen LogP contribution in [-0.4, -0.2) is 23.6 Å². The van der Waals surface area contributed by atoms with Crippen molar-refractivity contribution >= 4 is 11.6 Å². The van der Waals surface area contributed by atoms with E-state index in [0.29, 0.717) is 0 Å². The number of hydrogen-bond donors (Lipinski definition) is 1. The number of nitrogens with zero attached hydrogens (tertiary/aromatic N) is 3. The summed E-state index contributed by atoms with van der Waals surface area (Å²) in [6.45, 7) is 6.08. The summed E-state index contributed by atoms with van der Waals surface area (Å²) < 4.78 is 0. The monoisotopic (exact) mass is 270 g/mol. The molecule has 0 saturated heterocycles. The fraction of sp³-hybridized carbons (Fsp3) is 0.375. The van der Waals surface area contributed by atoms with Crippen LogP contribution in [0.3, 0.4) is 0 Å². The maximum absolute atomic E-state index is 4.50. The summed E-state index contributed by atoms with van der Waals surface area (Å²) in [5.74, 6) is 1.95. The molecule has 0 aliphatic carbocycles. The van der Waals surface area contributed by atoms with Gasteiger partial charge in [-0.05, 0) is 18.9 Å². The van der Waals surface area contributed by atoms with Crippen LogP contribution in [-0.2, 0) is 13.0 Å². The van der Waals surface area contributed by atoms with Crippen LogP contribution >= 0.6 is 0 Å². The normalized spacial score (nSPS) is 10.3. The highest BCUT2D eigenvalue weighted by Crippen LogP contribution is 2.24. The summed E-state index contributed by atoms with van der Waals surface area (Å²) in [6, 6.07) is 10.5. The van der Waals surface area contributed by atoms with E-state index in [9.17, 15) is 0 Å². The van der Waals surface area contributed by atoms with E-state index in [1.165, 1.54) is 11.1 Å². The summed E-state index contributed by atoms with van der Waals surface area (Å²) in [5.41, 5.74) is 2.47. The molecular formula is C16H22N4. The molecule has 0 saturated carbocycles. The molecule has 0 aliphatic rings. The summed E-state index contributed by atoms with van der Waals surface area (Å²) in [4.78, 5) is 11.1. The zero-order valence-electron chi connectivity index (χ0n) is 12.4. The minimum atomic E-state index is 0.866. The second kappa shape index (κ2) is 6.89. The summed E-state index contributed by atoms with van der Waals surface area (Å²) >= 11 is 0. The van der Waals surface area contributed by atoms with Gasteiger partial charge < -0.3 is 10.2 Å². The molecule has 1 heterocycles. The quantitative estimate of drug-likeness (QED) is 0.875. The highest BCUT2D eigenvalue weighted by atomic mass is 15.2. The van der Waals surface area contributed by atoms with Crippen LogP contribution in [0.15, 0.2) is 36.7 Å². The van der Waals surface area contributed by atoms with Crippen molar-refractivity contribution in [3.05, 3.63) is 47.8 Å². The van der Waals surface area contributed by atoms with Crippen molar-refractivity contribution in [3.63, 3.8) is 0 Å². The van der Waals surface area contributed by atoms with Crippen molar-refractivity contribution in [3.8, 4) is 0 Å². The number of hydrogen-bond acceptors (Lipinski definition) is 4. The zero-order valence-corrected chi connectivity index (χ0v) is 12.4. The molecule has 2 rings (SSSR count). The lowest BCUT2D eigenvalue weighted by Gasteiger charge is -2.25. The van der Waals surface area contributed by atoms with Gasteiger partial charge in [0.2, 0.25) is 0 Å². The Hall–Kier alpha value is -2.10. The van der Waals surface area contributed by atoms with Crippen LogP contribution in [0.1, 0.15) is 25.0 Å². The number of nitrogens with one attached hydrogen (secondary N) is 1. The number of aromatic nitrogens is 2. The average Bonchev–Trinajstić information content (AvgIpc) is 2.52. The van der Waals surface area contributed by atoms with Crippen molar-refractivity contribution in [1.82, 2.24) is 9.97 Å². The highest BCUT2D eigenvalue weighted by molar-refractivity contribution is 5.58. The van der Waals surface area contributed by atoms with E-state index in [-0.39, 0.29) is 0 Å². The van der Waals surface area contributed by atoms with Crippen molar-refractivity contribution < 1.29 is 0 Å². The topological polar surface area (TPSA) is 41.1 Å². The molecule has 0 fully saturated rings. The van der Waals surface area contributed by atoms with Gasteiger partial charge in [0.25, 0.3) is 0 Å². The van der Waals surface area contributed by atoms with Gasteiger partial charge in [-0.1, -0.05) is 37.3 Å². The van der Waals surface area contributed by atoms with Crippen LogP contribution in [0.2, 0.25) is 0 Å². The van der Waals surface area contributed by atoms with Crippen molar-refractivity contribution in [2.75, 3.05) is 23.8 Å². The molecule has 0 spiro atoms. The van der Waals surface area contributed by atoms with Crippen LogP contribution in [0.4, 0.5) is 11.6 Å². The largest absolute Gasteiger partial charge is 0.373 e. The predicted molar refractivity (Wildman–Crippen MR) is 84.1 cm³/mol. The first-order chi connectivity index (χ1) is 9.80. The second-order valence-corrected chi connectivity index (χ2v) is 4.63. The number of rotatable bonds is 6. The van der Waals surface area contributed by atoms with Crippen molar-refractivity contribution in [1.29, 1.82) is 0 Å². The molecule has 0 amide bonds. The van der Waals surface area contributed by atoms with E-state index in [1.54, 1.807) is 6.33 Å². The third-order valence-electron chi connectivity index (χ3n) is 3.41. The molecule has 1 aromatic carbocycles. The van der Waals surface area contributed by atoms with Gasteiger partial charge in [-0.25, -0.2) is 9.97 Å². The highest BCUT2D eigenvalue weighted by Gasteiger charge is 2.14. The lowest BCUT2D eigenvalue weighted by Crippen LogP contribution is -2.25. The Labute approximate surface area is 120 Å². The van der Waals surface area contributed by atoms with Gasteiger partial charge in [0.05, 0.1) is 0 Å². The number of anilines is 2. The summed E-state index contributed by atoms with van der Waals surface area (Å²) in [7, 11) is 1.90. The lowest BCUT2D eigenvalue weighted by molar-refractivity contribution is 0.799. The van der Waals surface area contributed by atoms with Gasteiger partial charge in [0.1, 0.15) is 18.0 Å². The molecule has 1 aromatic heterocycles. The molecule has 2 aromatic rings. The molecule has 0 bridgehead atoms. The maximum Gasteiger partial charge on any atom is 0.137 e. The predicted octanol–water partition coefficient (Wildman–Crippen LogP) is 3.11. The van der Waals surface area contributed by atoms with Crippen LogP contribution in [0.25, 0.3) is 0 Å². The first kappa shape index (κ1) is 14.3.